The Bertz CT molecular complexity index is 1440. The molecule has 0 amide bonds. The zero-order valence-corrected chi connectivity index (χ0v) is 17.4. The third-order valence-corrected chi connectivity index (χ3v) is 7.65. The molecule has 2 N–H and O–H groups in total. The van der Waals surface area contributed by atoms with E-state index in [-0.39, 0.29) is 5.56 Å². The van der Waals surface area contributed by atoms with Crippen LogP contribution >= 0.6 is 23.1 Å². The van der Waals surface area contributed by atoms with E-state index in [1.807, 2.05) is 28.7 Å². The quantitative estimate of drug-likeness (QED) is 0.430. The fourth-order valence-corrected chi connectivity index (χ4v) is 6.36. The van der Waals surface area contributed by atoms with Gasteiger partial charge in [0.1, 0.15) is 10.7 Å². The maximum absolute atomic E-state index is 12.8. The Balaban J connectivity index is 1.35. The van der Waals surface area contributed by atoms with Crippen molar-refractivity contribution < 1.29 is 0 Å². The largest absolute Gasteiger partial charge is 0.309 e. The molecule has 0 fully saturated rings. The van der Waals surface area contributed by atoms with Crippen LogP contribution in [0.4, 0.5) is 0 Å². The van der Waals surface area contributed by atoms with Gasteiger partial charge in [0.2, 0.25) is 5.78 Å². The molecule has 1 atom stereocenters. The fraction of sp³-hybridized carbons (Fsp3) is 0.300. The zero-order chi connectivity index (χ0) is 19.5. The third-order valence-electron chi connectivity index (χ3n) is 5.56. The predicted molar refractivity (Wildman–Crippen MR) is 116 cm³/mol. The van der Waals surface area contributed by atoms with E-state index in [0.717, 1.165) is 45.7 Å². The van der Waals surface area contributed by atoms with Crippen molar-refractivity contribution in [2.45, 2.75) is 37.1 Å². The van der Waals surface area contributed by atoms with Gasteiger partial charge in [-0.1, -0.05) is 30.8 Å². The van der Waals surface area contributed by atoms with Crippen LogP contribution in [0.1, 0.15) is 29.6 Å². The molecule has 0 aliphatic heterocycles. The van der Waals surface area contributed by atoms with Crippen LogP contribution in [-0.2, 0) is 18.6 Å². The Hall–Kier alpha value is -2.65. The molecule has 146 valence electrons. The summed E-state index contributed by atoms with van der Waals surface area (Å²) in [7, 11) is 0. The lowest BCUT2D eigenvalue weighted by atomic mass is 9.89. The SMILES string of the molecule is CC1CCc2c(sc3nc(CSc4n[nH]c5nc6ccccc6n45)[nH]c(=O)c23)C1. The van der Waals surface area contributed by atoms with Gasteiger partial charge in [0.05, 0.1) is 22.2 Å². The van der Waals surface area contributed by atoms with Gasteiger partial charge in [-0.2, -0.15) is 0 Å². The highest BCUT2D eigenvalue weighted by atomic mass is 32.2. The number of nitrogens with zero attached hydrogens (tertiary/aromatic N) is 4. The minimum atomic E-state index is -0.0158. The predicted octanol–water partition coefficient (Wildman–Crippen LogP) is 3.93. The first-order chi connectivity index (χ1) is 14.2. The van der Waals surface area contributed by atoms with Gasteiger partial charge in [0.15, 0.2) is 5.16 Å². The number of fused-ring (bicyclic) bond motifs is 6. The lowest BCUT2D eigenvalue weighted by Gasteiger charge is -2.17. The number of aryl methyl sites for hydroxylation is 1. The number of H-pyrrole nitrogens is 2. The number of rotatable bonds is 3. The van der Waals surface area contributed by atoms with Crippen molar-refractivity contribution in [2.75, 3.05) is 0 Å². The van der Waals surface area contributed by atoms with Gasteiger partial charge in [-0.3, -0.25) is 9.20 Å². The highest BCUT2D eigenvalue weighted by Gasteiger charge is 2.23. The molecule has 9 heteroatoms. The number of thioether (sulfide) groups is 1. The van der Waals surface area contributed by atoms with Gasteiger partial charge in [-0.25, -0.2) is 15.1 Å². The lowest BCUT2D eigenvalue weighted by molar-refractivity contribution is 0.509. The Morgan fingerprint density at radius 1 is 1.31 bits per heavy atom. The van der Waals surface area contributed by atoms with Crippen molar-refractivity contribution in [1.82, 2.24) is 29.5 Å². The third kappa shape index (κ3) is 2.71. The first-order valence-electron chi connectivity index (χ1n) is 9.65. The Morgan fingerprint density at radius 3 is 3.14 bits per heavy atom. The summed E-state index contributed by atoms with van der Waals surface area (Å²) in [5.74, 6) is 2.61. The van der Waals surface area contributed by atoms with Gasteiger partial charge in [-0.05, 0) is 42.9 Å². The minimum Gasteiger partial charge on any atom is -0.309 e. The van der Waals surface area contributed by atoms with Gasteiger partial charge >= 0.3 is 0 Å². The van der Waals surface area contributed by atoms with Crippen LogP contribution in [-0.4, -0.2) is 29.5 Å². The molecular weight excluding hydrogens is 404 g/mol. The Labute approximate surface area is 173 Å². The van der Waals surface area contributed by atoms with Crippen molar-refractivity contribution in [1.29, 1.82) is 0 Å². The van der Waals surface area contributed by atoms with Crippen molar-refractivity contribution in [3.8, 4) is 0 Å². The zero-order valence-electron chi connectivity index (χ0n) is 15.7. The van der Waals surface area contributed by atoms with Crippen LogP contribution in [0.3, 0.4) is 0 Å². The summed E-state index contributed by atoms with van der Waals surface area (Å²) in [6.45, 7) is 2.28. The molecule has 1 aromatic carbocycles. The number of benzene rings is 1. The second-order valence-corrected chi connectivity index (χ2v) is 9.63. The molecule has 0 radical (unpaired) electrons. The number of nitrogens with one attached hydrogen (secondary N) is 2. The normalized spacial score (nSPS) is 16.8. The van der Waals surface area contributed by atoms with E-state index in [2.05, 4.69) is 27.1 Å². The summed E-state index contributed by atoms with van der Waals surface area (Å²) < 4.78 is 2.00. The maximum Gasteiger partial charge on any atom is 0.259 e. The van der Waals surface area contributed by atoms with Crippen LogP contribution < -0.4 is 5.56 Å². The van der Waals surface area contributed by atoms with Crippen LogP contribution in [0.5, 0.6) is 0 Å². The lowest BCUT2D eigenvalue weighted by Crippen LogP contribution is -2.14. The molecule has 1 aliphatic rings. The average molecular weight is 423 g/mol. The standard InChI is InChI=1S/C20H18N6OS2/c1-10-6-7-11-14(8-10)29-18-16(11)17(27)22-15(23-18)9-28-20-25-24-19-21-12-4-2-3-5-13(12)26(19)20/h2-5,10H,6-9H2,1H3,(H,21,24)(H,22,23,27). The van der Waals surface area contributed by atoms with Crippen molar-refractivity contribution >= 4 is 50.1 Å². The molecule has 5 aromatic rings. The highest BCUT2D eigenvalue weighted by molar-refractivity contribution is 7.98. The summed E-state index contributed by atoms with van der Waals surface area (Å²) >= 11 is 3.22. The second-order valence-electron chi connectivity index (χ2n) is 7.60. The van der Waals surface area contributed by atoms with E-state index >= 15 is 0 Å². The van der Waals surface area contributed by atoms with Crippen molar-refractivity contribution in [3.05, 3.63) is 50.9 Å². The molecular formula is C20H18N6OS2. The monoisotopic (exact) mass is 422 g/mol. The summed E-state index contributed by atoms with van der Waals surface area (Å²) in [6.07, 6.45) is 3.18. The molecule has 0 saturated carbocycles. The number of hydrogen-bond donors (Lipinski definition) is 2. The van der Waals surface area contributed by atoms with Crippen LogP contribution in [0.25, 0.3) is 27.0 Å². The van der Waals surface area contributed by atoms with Gasteiger partial charge in [0.25, 0.3) is 5.56 Å². The Morgan fingerprint density at radius 2 is 2.21 bits per heavy atom. The summed E-state index contributed by atoms with van der Waals surface area (Å²) in [4.78, 5) is 27.3. The second kappa shape index (κ2) is 6.43. The topological polar surface area (TPSA) is 91.7 Å². The van der Waals surface area contributed by atoms with E-state index in [0.29, 0.717) is 23.3 Å². The number of hydrogen-bond acceptors (Lipinski definition) is 6. The summed E-state index contributed by atoms with van der Waals surface area (Å²) in [6, 6.07) is 7.97. The molecule has 4 heterocycles. The van der Waals surface area contributed by atoms with Crippen molar-refractivity contribution in [2.24, 2.45) is 5.92 Å². The smallest absolute Gasteiger partial charge is 0.259 e. The van der Waals surface area contributed by atoms with Crippen LogP contribution in [0, 0.1) is 5.92 Å². The molecule has 4 aromatic heterocycles. The molecule has 7 nitrogen and oxygen atoms in total. The first kappa shape index (κ1) is 17.2. The molecule has 1 aliphatic carbocycles. The van der Waals surface area contributed by atoms with E-state index in [9.17, 15) is 4.79 Å². The van der Waals surface area contributed by atoms with Crippen LogP contribution in [0.15, 0.2) is 34.2 Å². The number of aromatic amines is 2. The minimum absolute atomic E-state index is 0.0158. The van der Waals surface area contributed by atoms with Gasteiger partial charge in [-0.15, -0.1) is 16.4 Å². The molecule has 29 heavy (non-hydrogen) atoms. The highest BCUT2D eigenvalue weighted by Crippen LogP contribution is 2.36. The number of aromatic nitrogens is 6. The molecule has 0 bridgehead atoms. The van der Waals surface area contributed by atoms with Crippen molar-refractivity contribution in [3.63, 3.8) is 0 Å². The van der Waals surface area contributed by atoms with E-state index in [1.54, 1.807) is 11.3 Å². The van der Waals surface area contributed by atoms with E-state index < -0.39 is 0 Å². The summed E-state index contributed by atoms with van der Waals surface area (Å²) in [5.41, 5.74) is 3.14. The number of para-hydroxylation sites is 2. The fourth-order valence-electron chi connectivity index (χ4n) is 4.13. The number of thiophene rings is 1. The average Bonchev–Trinajstić information content (AvgIpc) is 3.37. The van der Waals surface area contributed by atoms with Gasteiger partial charge < -0.3 is 4.98 Å². The Kier molecular flexibility index (Phi) is 3.82. The number of imidazole rings is 1. The summed E-state index contributed by atoms with van der Waals surface area (Å²) in [5, 5.41) is 8.97. The maximum atomic E-state index is 12.8. The van der Waals surface area contributed by atoms with E-state index in [1.165, 1.54) is 22.2 Å². The first-order valence-corrected chi connectivity index (χ1v) is 11.5. The molecule has 0 spiro atoms. The van der Waals surface area contributed by atoms with Crippen LogP contribution in [0.2, 0.25) is 0 Å². The van der Waals surface area contributed by atoms with Gasteiger partial charge in [0, 0.05) is 4.88 Å². The molecule has 6 rings (SSSR count). The molecule has 1 unspecified atom stereocenters. The molecule has 0 saturated heterocycles. The van der Waals surface area contributed by atoms with E-state index in [4.69, 9.17) is 4.98 Å².